The first-order valence-electron chi connectivity index (χ1n) is 6.50. The highest BCUT2D eigenvalue weighted by Gasteiger charge is 2.31. The van der Waals surface area contributed by atoms with Crippen molar-refractivity contribution in [1.29, 1.82) is 0 Å². The van der Waals surface area contributed by atoms with Crippen molar-refractivity contribution >= 4 is 27.1 Å². The van der Waals surface area contributed by atoms with Crippen molar-refractivity contribution in [1.82, 2.24) is 5.32 Å². The summed E-state index contributed by atoms with van der Waals surface area (Å²) in [5.41, 5.74) is 6.71. The minimum absolute atomic E-state index is 0.0714. The van der Waals surface area contributed by atoms with Gasteiger partial charge in [0.15, 0.2) is 9.84 Å². The monoisotopic (exact) mass is 313 g/mol. The van der Waals surface area contributed by atoms with Crippen LogP contribution in [-0.4, -0.2) is 53.4 Å². The van der Waals surface area contributed by atoms with Gasteiger partial charge < -0.3 is 20.7 Å². The molecule has 1 aliphatic heterocycles. The molecule has 0 aliphatic carbocycles. The molecule has 8 heteroatoms. The van der Waals surface area contributed by atoms with Gasteiger partial charge in [0.2, 0.25) is 5.91 Å². The Kier molecular flexibility index (Phi) is 4.38. The number of hydrogen-bond donors (Lipinski definition) is 2. The molecule has 2 rings (SSSR count). The highest BCUT2D eigenvalue weighted by atomic mass is 32.2. The number of morpholine rings is 1. The number of nitrogen functional groups attached to an aromatic ring is 1. The number of benzene rings is 1. The molecule has 1 unspecified atom stereocenters. The van der Waals surface area contributed by atoms with Gasteiger partial charge in [0.25, 0.3) is 0 Å². The second kappa shape index (κ2) is 5.90. The molecule has 21 heavy (non-hydrogen) atoms. The van der Waals surface area contributed by atoms with Crippen LogP contribution in [0.5, 0.6) is 0 Å². The van der Waals surface area contributed by atoms with E-state index in [0.29, 0.717) is 18.8 Å². The predicted octanol–water partition coefficient (Wildman–Crippen LogP) is -0.376. The first kappa shape index (κ1) is 15.6. The quantitative estimate of drug-likeness (QED) is 0.738. The van der Waals surface area contributed by atoms with E-state index in [4.69, 9.17) is 10.5 Å². The van der Waals surface area contributed by atoms with E-state index >= 15 is 0 Å². The molecule has 1 aromatic rings. The van der Waals surface area contributed by atoms with Gasteiger partial charge in [0.05, 0.1) is 29.5 Å². The first-order valence-corrected chi connectivity index (χ1v) is 8.40. The van der Waals surface area contributed by atoms with Gasteiger partial charge in [-0.3, -0.25) is 4.79 Å². The smallest absolute Gasteiger partial charge is 0.244 e. The molecule has 0 radical (unpaired) electrons. The molecule has 0 aromatic heterocycles. The summed E-state index contributed by atoms with van der Waals surface area (Å²) in [6.07, 6.45) is 1.11. The number of nitrogens with two attached hydrogens (primary N) is 1. The minimum atomic E-state index is -3.42. The summed E-state index contributed by atoms with van der Waals surface area (Å²) in [7, 11) is -1.87. The van der Waals surface area contributed by atoms with Crippen LogP contribution in [0.25, 0.3) is 0 Å². The molecule has 0 bridgehead atoms. The molecule has 1 aromatic carbocycles. The van der Waals surface area contributed by atoms with Crippen molar-refractivity contribution in [3.63, 3.8) is 0 Å². The number of likely N-dealkylation sites (N-methyl/N-ethyl adjacent to an activating group) is 1. The summed E-state index contributed by atoms with van der Waals surface area (Å²) >= 11 is 0. The largest absolute Gasteiger partial charge is 0.396 e. The summed E-state index contributed by atoms with van der Waals surface area (Å²) in [6, 6.07) is 4.27. The Labute approximate surface area is 124 Å². The maximum atomic E-state index is 12.0. The summed E-state index contributed by atoms with van der Waals surface area (Å²) < 4.78 is 28.8. The van der Waals surface area contributed by atoms with Crippen LogP contribution in [-0.2, 0) is 19.4 Å². The SMILES string of the molecule is CNC(=O)C1COCCN1c1cccc(S(C)(=O)=O)c1N. The number of rotatable bonds is 3. The molecule has 0 saturated carbocycles. The Morgan fingerprint density at radius 1 is 1.48 bits per heavy atom. The van der Waals surface area contributed by atoms with Gasteiger partial charge in [-0.25, -0.2) is 8.42 Å². The van der Waals surface area contributed by atoms with E-state index in [9.17, 15) is 13.2 Å². The zero-order valence-corrected chi connectivity index (χ0v) is 12.8. The van der Waals surface area contributed by atoms with Crippen LogP contribution in [0, 0.1) is 0 Å². The molecule has 1 aliphatic rings. The fourth-order valence-corrected chi connectivity index (χ4v) is 3.21. The van der Waals surface area contributed by atoms with Gasteiger partial charge in [0.1, 0.15) is 6.04 Å². The number of carbonyl (C=O) groups excluding carboxylic acids is 1. The third-order valence-electron chi connectivity index (χ3n) is 3.43. The van der Waals surface area contributed by atoms with E-state index in [1.807, 2.05) is 0 Å². The van der Waals surface area contributed by atoms with E-state index in [1.54, 1.807) is 24.1 Å². The lowest BCUT2D eigenvalue weighted by atomic mass is 10.1. The Balaban J connectivity index is 2.47. The average molecular weight is 313 g/mol. The maximum absolute atomic E-state index is 12.0. The molecule has 1 fully saturated rings. The van der Waals surface area contributed by atoms with Crippen molar-refractivity contribution < 1.29 is 17.9 Å². The highest BCUT2D eigenvalue weighted by molar-refractivity contribution is 7.90. The molecular formula is C13H19N3O4S. The number of nitrogens with one attached hydrogen (secondary N) is 1. The Morgan fingerprint density at radius 3 is 2.81 bits per heavy atom. The second-order valence-corrected chi connectivity index (χ2v) is 6.84. The molecule has 116 valence electrons. The van der Waals surface area contributed by atoms with E-state index in [1.165, 1.54) is 6.07 Å². The van der Waals surface area contributed by atoms with Crippen LogP contribution >= 0.6 is 0 Å². The molecule has 1 saturated heterocycles. The number of carbonyl (C=O) groups is 1. The third-order valence-corrected chi connectivity index (χ3v) is 4.58. The van der Waals surface area contributed by atoms with Crippen molar-refractivity contribution in [3.8, 4) is 0 Å². The van der Waals surface area contributed by atoms with Crippen LogP contribution in [0.1, 0.15) is 0 Å². The number of amides is 1. The van der Waals surface area contributed by atoms with Gasteiger partial charge >= 0.3 is 0 Å². The predicted molar refractivity (Wildman–Crippen MR) is 80.0 cm³/mol. The molecule has 3 N–H and O–H groups in total. The van der Waals surface area contributed by atoms with Gasteiger partial charge in [-0.1, -0.05) is 6.07 Å². The first-order chi connectivity index (χ1) is 9.86. The van der Waals surface area contributed by atoms with Gasteiger partial charge in [-0.05, 0) is 12.1 Å². The van der Waals surface area contributed by atoms with Gasteiger partial charge in [0, 0.05) is 19.8 Å². The number of ether oxygens (including phenoxy) is 1. The minimum Gasteiger partial charge on any atom is -0.396 e. The van der Waals surface area contributed by atoms with Crippen LogP contribution in [0.3, 0.4) is 0 Å². The summed E-state index contributed by atoms with van der Waals surface area (Å²) in [4.78, 5) is 13.8. The molecule has 1 atom stereocenters. The number of nitrogens with zero attached hydrogens (tertiary/aromatic N) is 1. The van der Waals surface area contributed by atoms with Crippen LogP contribution in [0.15, 0.2) is 23.1 Å². The standard InChI is InChI=1S/C13H19N3O4S/c1-15-13(17)10-8-20-7-6-16(10)9-4-3-5-11(12(9)14)21(2,18)19/h3-5,10H,6-8,14H2,1-2H3,(H,15,17). The number of para-hydroxylation sites is 1. The topological polar surface area (TPSA) is 102 Å². The number of hydrogen-bond acceptors (Lipinski definition) is 6. The van der Waals surface area contributed by atoms with Crippen LogP contribution < -0.4 is 16.0 Å². The Hall–Kier alpha value is -1.80. The summed E-state index contributed by atoms with van der Waals surface area (Å²) in [5.74, 6) is -0.196. The van der Waals surface area contributed by atoms with E-state index in [-0.39, 0.29) is 23.1 Å². The highest BCUT2D eigenvalue weighted by Crippen LogP contribution is 2.31. The molecule has 1 heterocycles. The molecule has 0 spiro atoms. The molecule has 7 nitrogen and oxygen atoms in total. The van der Waals surface area contributed by atoms with Crippen molar-refractivity contribution in [3.05, 3.63) is 18.2 Å². The van der Waals surface area contributed by atoms with Crippen molar-refractivity contribution in [2.75, 3.05) is 43.7 Å². The van der Waals surface area contributed by atoms with Crippen LogP contribution in [0.2, 0.25) is 0 Å². The molecule has 1 amide bonds. The Bertz CT molecular complexity index is 645. The van der Waals surface area contributed by atoms with E-state index in [2.05, 4.69) is 5.32 Å². The Morgan fingerprint density at radius 2 is 2.19 bits per heavy atom. The number of anilines is 2. The van der Waals surface area contributed by atoms with Gasteiger partial charge in [-0.2, -0.15) is 0 Å². The molecular weight excluding hydrogens is 294 g/mol. The average Bonchev–Trinajstić information content (AvgIpc) is 2.45. The lowest BCUT2D eigenvalue weighted by Gasteiger charge is -2.36. The summed E-state index contributed by atoms with van der Waals surface area (Å²) in [6.45, 7) is 1.16. The van der Waals surface area contributed by atoms with E-state index < -0.39 is 15.9 Å². The third kappa shape index (κ3) is 3.11. The second-order valence-electron chi connectivity index (χ2n) is 4.86. The van der Waals surface area contributed by atoms with Gasteiger partial charge in [-0.15, -0.1) is 0 Å². The number of sulfone groups is 1. The van der Waals surface area contributed by atoms with Crippen molar-refractivity contribution in [2.45, 2.75) is 10.9 Å². The lowest BCUT2D eigenvalue weighted by Crippen LogP contribution is -2.53. The van der Waals surface area contributed by atoms with E-state index in [0.717, 1.165) is 6.26 Å². The fraction of sp³-hybridized carbons (Fsp3) is 0.462. The van der Waals surface area contributed by atoms with Crippen molar-refractivity contribution in [2.24, 2.45) is 0 Å². The van der Waals surface area contributed by atoms with Crippen LogP contribution in [0.4, 0.5) is 11.4 Å². The lowest BCUT2D eigenvalue weighted by molar-refractivity contribution is -0.124. The zero-order chi connectivity index (χ0) is 15.6. The normalized spacial score (nSPS) is 19.3. The summed E-state index contributed by atoms with van der Waals surface area (Å²) in [5, 5.41) is 2.58. The zero-order valence-electron chi connectivity index (χ0n) is 12.0. The fourth-order valence-electron chi connectivity index (χ4n) is 2.38. The maximum Gasteiger partial charge on any atom is 0.244 e.